The van der Waals surface area contributed by atoms with Crippen LogP contribution in [0.2, 0.25) is 0 Å². The van der Waals surface area contributed by atoms with E-state index in [0.29, 0.717) is 23.9 Å². The van der Waals surface area contributed by atoms with E-state index in [9.17, 15) is 19.4 Å². The third-order valence-corrected chi connectivity index (χ3v) is 16.5. The largest absolute Gasteiger partial charge is 0.472 e. The molecule has 0 bridgehead atoms. The number of phosphoric ester groups is 1. The highest BCUT2D eigenvalue weighted by Crippen LogP contribution is 2.43. The van der Waals surface area contributed by atoms with Crippen LogP contribution in [-0.2, 0) is 18.4 Å². The molecule has 0 aromatic carbocycles. The van der Waals surface area contributed by atoms with Gasteiger partial charge in [0.05, 0.1) is 39.9 Å². The number of allylic oxidation sites excluding steroid dienone is 12. The molecule has 0 spiro atoms. The Labute approximate surface area is 497 Å². The highest BCUT2D eigenvalue weighted by molar-refractivity contribution is 7.47. The van der Waals surface area contributed by atoms with E-state index in [4.69, 9.17) is 9.05 Å². The van der Waals surface area contributed by atoms with Crippen LogP contribution in [0.5, 0.6) is 0 Å². The van der Waals surface area contributed by atoms with E-state index in [1.54, 1.807) is 0 Å². The Balaban J connectivity index is 3.95. The smallest absolute Gasteiger partial charge is 0.391 e. The number of likely N-dealkylation sites (N-methyl/N-ethyl adjacent to an activating group) is 1. The number of hydrogen-bond acceptors (Lipinski definition) is 5. The number of aliphatic hydroxyl groups excluding tert-OH is 1. The molecule has 0 heterocycles. The molecular weight excluding hydrogens is 1010 g/mol. The Morgan fingerprint density at radius 3 is 1.10 bits per heavy atom. The molecule has 0 aliphatic rings. The standard InChI is InChI=1S/C71H133N2O6P/c1-6-8-10-12-14-16-18-20-22-24-26-27-28-29-30-31-32-33-34-35-36-37-38-39-40-41-42-43-44-45-47-49-51-53-55-57-59-61-63-65-71(75)72-69(68-79-80(76,77)78-67-66-73(3,4)5)70(74)64-62-60-58-56-54-52-50-48-46-25-23-21-19-17-15-13-11-9-7-2/h8,10,14,16,20,22,26-27,29-30,32-33,69-70,74H,6-7,9,11-13,15,17-19,21,23-25,28,31,34-68H2,1-5H3,(H-,72,75,76,77)/p+1/b10-8-,16-14-,22-20-,27-26-,30-29-,33-32-. The van der Waals surface area contributed by atoms with Crippen molar-refractivity contribution in [3.63, 3.8) is 0 Å². The maximum absolute atomic E-state index is 13.1. The molecule has 0 aliphatic heterocycles. The van der Waals surface area contributed by atoms with Gasteiger partial charge >= 0.3 is 7.82 Å². The minimum atomic E-state index is -4.33. The first-order chi connectivity index (χ1) is 39.0. The van der Waals surface area contributed by atoms with Crippen LogP contribution in [0.15, 0.2) is 72.9 Å². The Morgan fingerprint density at radius 2 is 0.750 bits per heavy atom. The van der Waals surface area contributed by atoms with Crippen LogP contribution >= 0.6 is 7.82 Å². The van der Waals surface area contributed by atoms with Crippen molar-refractivity contribution in [2.75, 3.05) is 40.9 Å². The average Bonchev–Trinajstić information content (AvgIpc) is 3.42. The molecule has 0 saturated heterocycles. The second-order valence-corrected chi connectivity index (χ2v) is 26.0. The molecule has 0 aliphatic carbocycles. The van der Waals surface area contributed by atoms with E-state index in [2.05, 4.69) is 92.1 Å². The lowest BCUT2D eigenvalue weighted by Crippen LogP contribution is -2.46. The summed E-state index contributed by atoms with van der Waals surface area (Å²) in [4.78, 5) is 23.4. The molecule has 3 N–H and O–H groups in total. The predicted octanol–water partition coefficient (Wildman–Crippen LogP) is 21.8. The highest BCUT2D eigenvalue weighted by atomic mass is 31.2. The number of carbonyl (C=O) groups excluding carboxylic acids is 1. The zero-order valence-corrected chi connectivity index (χ0v) is 54.5. The number of aliphatic hydroxyl groups is 1. The summed E-state index contributed by atoms with van der Waals surface area (Å²) in [7, 11) is 1.63. The topological polar surface area (TPSA) is 105 Å². The molecule has 0 aromatic rings. The average molecular weight is 1140 g/mol. The van der Waals surface area contributed by atoms with Crippen LogP contribution in [0.4, 0.5) is 0 Å². The van der Waals surface area contributed by atoms with Crippen molar-refractivity contribution in [2.45, 2.75) is 334 Å². The third-order valence-electron chi connectivity index (χ3n) is 15.5. The van der Waals surface area contributed by atoms with Crippen molar-refractivity contribution in [1.29, 1.82) is 0 Å². The van der Waals surface area contributed by atoms with Crippen LogP contribution in [0.3, 0.4) is 0 Å². The number of amides is 1. The molecule has 0 radical (unpaired) electrons. The number of carbonyl (C=O) groups is 1. The van der Waals surface area contributed by atoms with Crippen LogP contribution in [0, 0.1) is 0 Å². The van der Waals surface area contributed by atoms with Crippen molar-refractivity contribution in [2.24, 2.45) is 0 Å². The minimum absolute atomic E-state index is 0.0752. The number of nitrogens with zero attached hydrogens (tertiary/aromatic N) is 1. The number of quaternary nitrogens is 1. The van der Waals surface area contributed by atoms with Gasteiger partial charge in [-0.25, -0.2) is 4.57 Å². The van der Waals surface area contributed by atoms with Gasteiger partial charge in [-0.3, -0.25) is 13.8 Å². The summed E-state index contributed by atoms with van der Waals surface area (Å²) in [5.41, 5.74) is 0. The molecule has 0 saturated carbocycles. The van der Waals surface area contributed by atoms with Gasteiger partial charge in [-0.1, -0.05) is 324 Å². The molecule has 3 unspecified atom stereocenters. The fraction of sp³-hybridized carbons (Fsp3) is 0.817. The van der Waals surface area contributed by atoms with Crippen LogP contribution < -0.4 is 5.32 Å². The summed E-state index contributed by atoms with van der Waals surface area (Å²) in [6.45, 7) is 4.81. The lowest BCUT2D eigenvalue weighted by molar-refractivity contribution is -0.870. The maximum atomic E-state index is 13.1. The first-order valence-corrected chi connectivity index (χ1v) is 35.8. The van der Waals surface area contributed by atoms with Crippen LogP contribution in [-0.4, -0.2) is 73.4 Å². The molecule has 468 valence electrons. The highest BCUT2D eigenvalue weighted by Gasteiger charge is 2.28. The first-order valence-electron chi connectivity index (χ1n) is 34.3. The van der Waals surface area contributed by atoms with E-state index in [1.165, 1.54) is 218 Å². The van der Waals surface area contributed by atoms with Crippen LogP contribution in [0.1, 0.15) is 322 Å². The van der Waals surface area contributed by atoms with E-state index in [1.807, 2.05) is 21.1 Å². The second-order valence-electron chi connectivity index (χ2n) is 24.5. The summed E-state index contributed by atoms with van der Waals surface area (Å²) in [5.74, 6) is -0.140. The van der Waals surface area contributed by atoms with Gasteiger partial charge in [0.2, 0.25) is 5.91 Å². The summed E-state index contributed by atoms with van der Waals surface area (Å²) in [6.07, 6.45) is 85.7. The van der Waals surface area contributed by atoms with Crippen molar-refractivity contribution < 1.29 is 32.9 Å². The van der Waals surface area contributed by atoms with Gasteiger partial charge in [0.15, 0.2) is 0 Å². The van der Waals surface area contributed by atoms with Crippen molar-refractivity contribution in [1.82, 2.24) is 5.32 Å². The lowest BCUT2D eigenvalue weighted by Gasteiger charge is -2.26. The van der Waals surface area contributed by atoms with Crippen molar-refractivity contribution in [3.05, 3.63) is 72.9 Å². The summed E-state index contributed by atoms with van der Waals surface area (Å²) >= 11 is 0. The summed E-state index contributed by atoms with van der Waals surface area (Å²) in [5, 5.41) is 14.1. The SMILES string of the molecule is CC/C=C\C/C=C\C/C=C\C/C=C\C/C=C\C/C=C\CCCCCCCCCCCCCCCCCCCCCCC(=O)NC(COP(=O)(O)OCC[N+](C)(C)C)C(O)CCCCCCCCCCCCCCCCCCCCC. The monoisotopic (exact) mass is 1140 g/mol. The van der Waals surface area contributed by atoms with E-state index >= 15 is 0 Å². The Kier molecular flexibility index (Phi) is 59.9. The van der Waals surface area contributed by atoms with Gasteiger partial charge < -0.3 is 19.8 Å². The molecule has 0 aromatic heterocycles. The molecule has 0 rings (SSSR count). The Hall–Kier alpha value is -2.06. The minimum Gasteiger partial charge on any atom is -0.391 e. The number of unbranched alkanes of at least 4 members (excludes halogenated alkanes) is 38. The quantitative estimate of drug-likeness (QED) is 0.0243. The van der Waals surface area contributed by atoms with Gasteiger partial charge in [-0.15, -0.1) is 0 Å². The maximum Gasteiger partial charge on any atom is 0.472 e. The van der Waals surface area contributed by atoms with Crippen molar-refractivity contribution in [3.8, 4) is 0 Å². The lowest BCUT2D eigenvalue weighted by atomic mass is 10.0. The fourth-order valence-electron chi connectivity index (χ4n) is 10.2. The van der Waals surface area contributed by atoms with E-state index < -0.39 is 20.0 Å². The second kappa shape index (κ2) is 61.5. The predicted molar refractivity (Wildman–Crippen MR) is 350 cm³/mol. The van der Waals surface area contributed by atoms with Gasteiger partial charge in [0.25, 0.3) is 0 Å². The molecular formula is C71H134N2O6P+. The molecule has 9 heteroatoms. The van der Waals surface area contributed by atoms with E-state index in [0.717, 1.165) is 77.0 Å². The van der Waals surface area contributed by atoms with Gasteiger partial charge in [0, 0.05) is 6.42 Å². The molecule has 1 amide bonds. The van der Waals surface area contributed by atoms with Gasteiger partial charge in [-0.2, -0.15) is 0 Å². The Bertz CT molecular complexity index is 1530. The van der Waals surface area contributed by atoms with E-state index in [-0.39, 0.29) is 19.1 Å². The zero-order valence-electron chi connectivity index (χ0n) is 53.6. The summed E-state index contributed by atoms with van der Waals surface area (Å²) in [6, 6.07) is -0.762. The number of rotatable bonds is 63. The molecule has 8 nitrogen and oxygen atoms in total. The van der Waals surface area contributed by atoms with Gasteiger partial charge in [0.1, 0.15) is 13.2 Å². The zero-order chi connectivity index (χ0) is 58.4. The molecule has 80 heavy (non-hydrogen) atoms. The third kappa shape index (κ3) is 63.5. The molecule has 0 fully saturated rings. The first kappa shape index (κ1) is 77.9. The fourth-order valence-corrected chi connectivity index (χ4v) is 10.9. The number of hydrogen-bond donors (Lipinski definition) is 3. The Morgan fingerprint density at radius 1 is 0.438 bits per heavy atom. The van der Waals surface area contributed by atoms with Crippen molar-refractivity contribution >= 4 is 13.7 Å². The number of nitrogens with one attached hydrogen (secondary N) is 1. The summed E-state index contributed by atoms with van der Waals surface area (Å²) < 4.78 is 23.9. The van der Waals surface area contributed by atoms with Gasteiger partial charge in [-0.05, 0) is 64.2 Å². The number of phosphoric acid groups is 1. The normalized spacial score (nSPS) is 14.1. The van der Waals surface area contributed by atoms with Crippen LogP contribution in [0.25, 0.3) is 0 Å². The molecule has 3 atom stereocenters.